The van der Waals surface area contributed by atoms with Crippen molar-refractivity contribution in [3.63, 3.8) is 0 Å². The summed E-state index contributed by atoms with van der Waals surface area (Å²) >= 11 is 0. The molecule has 35 heavy (non-hydrogen) atoms. The predicted octanol–water partition coefficient (Wildman–Crippen LogP) is 1.20. The van der Waals surface area contributed by atoms with Gasteiger partial charge in [0, 0.05) is 19.2 Å². The van der Waals surface area contributed by atoms with E-state index in [0.29, 0.717) is 0 Å². The first kappa shape index (κ1) is 27.5. The number of nitrogens with zero attached hydrogens (tertiary/aromatic N) is 1. The number of aromatic nitrogens is 1. The van der Waals surface area contributed by atoms with Gasteiger partial charge in [-0.1, -0.05) is 20.8 Å². The van der Waals surface area contributed by atoms with Gasteiger partial charge in [0.05, 0.1) is 18.9 Å². The van der Waals surface area contributed by atoms with Gasteiger partial charge in [-0.3, -0.25) is 19.2 Å². The zero-order valence-corrected chi connectivity index (χ0v) is 20.5. The first-order valence-corrected chi connectivity index (χ1v) is 11.1. The van der Waals surface area contributed by atoms with Crippen LogP contribution in [-0.2, 0) is 33.4 Å². The van der Waals surface area contributed by atoms with Crippen LogP contribution in [0.25, 0.3) is 0 Å². The van der Waals surface area contributed by atoms with E-state index in [2.05, 4.69) is 10.3 Å². The second-order valence-electron chi connectivity index (χ2n) is 8.15. The molecule has 1 aliphatic rings. The van der Waals surface area contributed by atoms with E-state index in [1.165, 1.54) is 26.3 Å². The van der Waals surface area contributed by atoms with Crippen molar-refractivity contribution in [1.29, 1.82) is 0 Å². The molecule has 0 unspecified atom stereocenters. The van der Waals surface area contributed by atoms with Gasteiger partial charge in [-0.2, -0.15) is 0 Å². The number of carbonyl (C=O) groups excluding carboxylic acids is 5. The van der Waals surface area contributed by atoms with E-state index >= 15 is 0 Å². The van der Waals surface area contributed by atoms with Gasteiger partial charge in [-0.25, -0.2) is 9.78 Å². The Morgan fingerprint density at radius 3 is 2.49 bits per heavy atom. The van der Waals surface area contributed by atoms with Crippen LogP contribution in [0, 0.1) is 11.8 Å². The third kappa shape index (κ3) is 6.90. The smallest absolute Gasteiger partial charge is 0.332 e. The maximum atomic E-state index is 12.9. The molecule has 0 bridgehead atoms. The van der Waals surface area contributed by atoms with E-state index in [1.807, 2.05) is 0 Å². The van der Waals surface area contributed by atoms with Gasteiger partial charge in [0.2, 0.25) is 5.75 Å². The summed E-state index contributed by atoms with van der Waals surface area (Å²) in [4.78, 5) is 66.1. The van der Waals surface area contributed by atoms with E-state index in [-0.39, 0.29) is 23.6 Å². The third-order valence-electron chi connectivity index (χ3n) is 5.16. The van der Waals surface area contributed by atoms with Crippen LogP contribution < -0.4 is 14.8 Å². The van der Waals surface area contributed by atoms with Crippen molar-refractivity contribution in [1.82, 2.24) is 10.3 Å². The maximum Gasteiger partial charge on any atom is 0.332 e. The Bertz CT molecular complexity index is 977. The van der Waals surface area contributed by atoms with Crippen LogP contribution in [0.1, 0.15) is 51.5 Å². The van der Waals surface area contributed by atoms with Gasteiger partial charge in [0.15, 0.2) is 23.6 Å². The number of cyclic esters (lactones) is 2. The van der Waals surface area contributed by atoms with Crippen molar-refractivity contribution in [2.24, 2.45) is 11.8 Å². The lowest BCUT2D eigenvalue weighted by atomic mass is 9.95. The lowest BCUT2D eigenvalue weighted by Crippen LogP contribution is -2.47. The highest BCUT2D eigenvalue weighted by Crippen LogP contribution is 2.30. The van der Waals surface area contributed by atoms with E-state index in [4.69, 9.17) is 23.7 Å². The molecule has 0 aromatic carbocycles. The Morgan fingerprint density at radius 2 is 1.91 bits per heavy atom. The highest BCUT2D eigenvalue weighted by atomic mass is 16.6. The quantitative estimate of drug-likeness (QED) is 0.429. The lowest BCUT2D eigenvalue weighted by molar-refractivity contribution is -0.176. The van der Waals surface area contributed by atoms with Crippen molar-refractivity contribution in [3.05, 3.63) is 18.0 Å². The molecule has 1 fully saturated rings. The van der Waals surface area contributed by atoms with E-state index in [1.54, 1.807) is 20.8 Å². The van der Waals surface area contributed by atoms with Crippen LogP contribution >= 0.6 is 0 Å². The number of carbonyl (C=O) groups is 5. The molecule has 2 rings (SSSR count). The molecule has 0 aliphatic carbocycles. The van der Waals surface area contributed by atoms with Crippen LogP contribution in [0.15, 0.2) is 12.3 Å². The first-order valence-electron chi connectivity index (χ1n) is 11.1. The average Bonchev–Trinajstić information content (AvgIpc) is 2.83. The summed E-state index contributed by atoms with van der Waals surface area (Å²) < 4.78 is 26.4. The van der Waals surface area contributed by atoms with Crippen molar-refractivity contribution >= 4 is 29.8 Å². The normalized spacial score (nSPS) is 22.6. The molecular formula is C23H30N2O10. The molecule has 2 heterocycles. The number of amides is 1. The third-order valence-corrected chi connectivity index (χ3v) is 5.16. The van der Waals surface area contributed by atoms with E-state index in [9.17, 15) is 24.0 Å². The van der Waals surface area contributed by atoms with Crippen molar-refractivity contribution in [2.45, 2.75) is 59.3 Å². The molecule has 0 radical (unpaired) electrons. The highest BCUT2D eigenvalue weighted by molar-refractivity contribution is 5.98. The molecule has 192 valence electrons. The predicted molar refractivity (Wildman–Crippen MR) is 118 cm³/mol. The number of nitrogens with one attached hydrogen (secondary N) is 1. The summed E-state index contributed by atoms with van der Waals surface area (Å²) in [5.74, 6) is -5.33. The molecule has 1 N–H and O–H groups in total. The summed E-state index contributed by atoms with van der Waals surface area (Å²) in [7, 11) is 1.31. The van der Waals surface area contributed by atoms with Crippen molar-refractivity contribution < 1.29 is 47.7 Å². The van der Waals surface area contributed by atoms with Crippen LogP contribution in [-0.4, -0.2) is 66.7 Å². The molecule has 4 atom stereocenters. The summed E-state index contributed by atoms with van der Waals surface area (Å²) in [6, 6.07) is -0.0277. The van der Waals surface area contributed by atoms with Gasteiger partial charge in [-0.05, 0) is 13.3 Å². The summed E-state index contributed by atoms with van der Waals surface area (Å²) in [6.45, 7) is 7.06. The molecule has 0 saturated carbocycles. The maximum absolute atomic E-state index is 12.9. The number of rotatable bonds is 7. The number of hydrogen-bond donors (Lipinski definition) is 1. The van der Waals surface area contributed by atoms with Crippen LogP contribution in [0.4, 0.5) is 0 Å². The highest BCUT2D eigenvalue weighted by Gasteiger charge is 2.41. The number of ether oxygens (including phenoxy) is 5. The summed E-state index contributed by atoms with van der Waals surface area (Å²) in [5, 5.41) is 2.39. The van der Waals surface area contributed by atoms with Crippen LogP contribution in [0.2, 0.25) is 0 Å². The fourth-order valence-corrected chi connectivity index (χ4v) is 3.30. The van der Waals surface area contributed by atoms with Crippen molar-refractivity contribution in [2.75, 3.05) is 13.7 Å². The number of pyridine rings is 1. The van der Waals surface area contributed by atoms with E-state index < -0.39 is 66.5 Å². The zero-order valence-electron chi connectivity index (χ0n) is 20.5. The molecule has 12 heteroatoms. The Morgan fingerprint density at radius 1 is 1.23 bits per heavy atom. The standard InChI is InChI=1S/C23H30N2O10/c1-7-14-18(35-21(28)11(2)3)12(4)33-23(30)15(10-32-22(14)29)25-20(27)17-19(34-13(5)26)16(31-6)8-9-24-17/h8-9,11-12,14-15,18H,7,10H2,1-6H3,(H,25,27)/t12-,14+,15-,18-/m0/s1. The Kier molecular flexibility index (Phi) is 9.55. The molecule has 1 aromatic rings. The largest absolute Gasteiger partial charge is 0.493 e. The minimum absolute atomic E-state index is 0.0676. The Labute approximate surface area is 202 Å². The van der Waals surface area contributed by atoms with Gasteiger partial charge in [0.25, 0.3) is 5.91 Å². The minimum Gasteiger partial charge on any atom is -0.493 e. The summed E-state index contributed by atoms with van der Waals surface area (Å²) in [5.41, 5.74) is -0.332. The Hall–Kier alpha value is -3.70. The van der Waals surface area contributed by atoms with Gasteiger partial charge in [0.1, 0.15) is 12.7 Å². The Balaban J connectivity index is 2.31. The SMILES string of the molecule is CC[C@H]1C(=O)OC[C@H](NC(=O)c2nccc(OC)c2OC(C)=O)C(=O)O[C@@H](C)[C@@H]1OC(=O)C(C)C. The molecule has 1 aromatic heterocycles. The summed E-state index contributed by atoms with van der Waals surface area (Å²) in [6.07, 6.45) is -0.569. The average molecular weight is 494 g/mol. The first-order chi connectivity index (χ1) is 16.5. The van der Waals surface area contributed by atoms with Crippen LogP contribution in [0.5, 0.6) is 11.5 Å². The van der Waals surface area contributed by atoms with Gasteiger partial charge >= 0.3 is 23.9 Å². The monoisotopic (exact) mass is 494 g/mol. The minimum atomic E-state index is -1.41. The topological polar surface area (TPSA) is 156 Å². The zero-order chi connectivity index (χ0) is 26.3. The molecule has 0 spiro atoms. The fourth-order valence-electron chi connectivity index (χ4n) is 3.30. The number of methoxy groups -OCH3 is 1. The molecular weight excluding hydrogens is 464 g/mol. The van der Waals surface area contributed by atoms with Crippen LogP contribution in [0.3, 0.4) is 0 Å². The second kappa shape index (κ2) is 12.1. The van der Waals surface area contributed by atoms with Crippen molar-refractivity contribution in [3.8, 4) is 11.5 Å². The molecule has 12 nitrogen and oxygen atoms in total. The molecule has 1 saturated heterocycles. The fraction of sp³-hybridized carbons (Fsp3) is 0.565. The van der Waals surface area contributed by atoms with Gasteiger partial charge in [-0.15, -0.1) is 0 Å². The molecule has 1 aliphatic heterocycles. The number of hydrogen-bond acceptors (Lipinski definition) is 11. The lowest BCUT2D eigenvalue weighted by Gasteiger charge is -2.29. The second-order valence-corrected chi connectivity index (χ2v) is 8.15. The van der Waals surface area contributed by atoms with Gasteiger partial charge < -0.3 is 29.0 Å². The van der Waals surface area contributed by atoms with E-state index in [0.717, 1.165) is 6.92 Å². The number of esters is 4. The molecule has 1 amide bonds.